The highest BCUT2D eigenvalue weighted by molar-refractivity contribution is 6.17. The van der Waals surface area contributed by atoms with Gasteiger partial charge in [-0.25, -0.2) is 0 Å². The number of benzene rings is 1. The van der Waals surface area contributed by atoms with Gasteiger partial charge in [-0.2, -0.15) is 0 Å². The minimum atomic E-state index is -0.481. The van der Waals surface area contributed by atoms with Gasteiger partial charge in [0.25, 0.3) is 0 Å². The molecule has 0 atom stereocenters. The van der Waals surface area contributed by atoms with Crippen molar-refractivity contribution >= 4 is 13.6 Å². The van der Waals surface area contributed by atoms with Crippen LogP contribution in [0.3, 0.4) is 0 Å². The lowest BCUT2D eigenvalue weighted by Crippen LogP contribution is -2.04. The van der Waals surface area contributed by atoms with Crippen molar-refractivity contribution in [1.29, 1.82) is 0 Å². The van der Waals surface area contributed by atoms with Gasteiger partial charge in [-0.15, -0.1) is 0 Å². The summed E-state index contributed by atoms with van der Waals surface area (Å²) in [6.07, 6.45) is 1.06. The summed E-state index contributed by atoms with van der Waals surface area (Å²) in [4.78, 5) is 9.47. The van der Waals surface area contributed by atoms with Crippen LogP contribution in [0, 0.1) is 0 Å². The Hall–Kier alpha value is -1.75. The van der Waals surface area contributed by atoms with Crippen LogP contribution in [0.2, 0.25) is 0 Å². The third-order valence-corrected chi connectivity index (χ3v) is 1.18. The van der Waals surface area contributed by atoms with Gasteiger partial charge in [-0.05, 0) is 18.2 Å². The maximum Gasteiger partial charge on any atom is 0.504 e. The van der Waals surface area contributed by atoms with E-state index < -0.39 is 5.91 Å². The third kappa shape index (κ3) is 6.93. The minimum absolute atomic E-state index is 0.260. The van der Waals surface area contributed by atoms with Gasteiger partial charge in [0.1, 0.15) is 5.75 Å². The van der Waals surface area contributed by atoms with Crippen molar-refractivity contribution in [3.8, 4) is 5.75 Å². The van der Waals surface area contributed by atoms with Crippen LogP contribution >= 0.6 is 0 Å². The van der Waals surface area contributed by atoms with Crippen LogP contribution in [0.15, 0.2) is 43.0 Å². The molecule has 0 aromatic heterocycles. The van der Waals surface area contributed by atoms with Gasteiger partial charge in [0, 0.05) is 0 Å². The van der Waals surface area contributed by atoms with E-state index in [0.29, 0.717) is 5.75 Å². The topological polar surface area (TPSA) is 72.6 Å². The van der Waals surface area contributed by atoms with Crippen molar-refractivity contribution in [1.82, 2.24) is 0 Å². The van der Waals surface area contributed by atoms with Crippen LogP contribution in [0.5, 0.6) is 5.75 Å². The van der Waals surface area contributed by atoms with Gasteiger partial charge < -0.3 is 15.4 Å². The Morgan fingerprint density at radius 2 is 2.00 bits per heavy atom. The average Bonchev–Trinajstić information content (AvgIpc) is 2.21. The molecule has 0 saturated carbocycles. The molecule has 1 rings (SSSR count). The fourth-order valence-corrected chi connectivity index (χ4v) is 0.591. The van der Waals surface area contributed by atoms with Crippen LogP contribution in [0.4, 0.5) is 0 Å². The molecule has 0 fully saturated rings. The van der Waals surface area contributed by atoms with Gasteiger partial charge in [-0.1, -0.05) is 24.8 Å². The van der Waals surface area contributed by atoms with E-state index in [4.69, 9.17) is 9.68 Å². The highest BCUT2D eigenvalue weighted by Gasteiger charge is 1.87. The van der Waals surface area contributed by atoms with Crippen LogP contribution in [-0.4, -0.2) is 18.6 Å². The Bertz CT molecular complexity index is 277. The van der Waals surface area contributed by atoms with Gasteiger partial charge >= 0.3 is 7.69 Å². The highest BCUT2D eigenvalue weighted by atomic mass is 16.5. The molecule has 1 aromatic carbocycles. The summed E-state index contributed by atoms with van der Waals surface area (Å²) in [5.74, 6) is 0.213. The molecule has 0 heterocycles. The molecule has 0 radical (unpaired) electrons. The highest BCUT2D eigenvalue weighted by Crippen LogP contribution is 2.06. The maximum atomic E-state index is 9.47. The number of carbonyl (C=O) groups excluding carboxylic acids is 1. The van der Waals surface area contributed by atoms with E-state index in [-0.39, 0.29) is 7.69 Å². The standard InChI is InChI=1S/C6H7BO2.C3H5NO/c8-7-9-6-4-2-1-3-5-6;1-2-3(4)5/h1-5,7-8H;2H,1H2,(H2,4,5). The van der Waals surface area contributed by atoms with Gasteiger partial charge in [0.2, 0.25) is 5.91 Å². The molecule has 1 aromatic rings. The molecule has 4 nitrogen and oxygen atoms in total. The molecule has 0 spiro atoms. The third-order valence-electron chi connectivity index (χ3n) is 1.18. The first kappa shape index (κ1) is 12.3. The summed E-state index contributed by atoms with van der Waals surface area (Å²) in [7, 11) is -0.260. The molecule has 5 heteroatoms. The quantitative estimate of drug-likeness (QED) is 0.523. The Labute approximate surface area is 83.3 Å². The fraction of sp³-hybridized carbons (Fsp3) is 0. The first-order chi connectivity index (χ1) is 6.70. The van der Waals surface area contributed by atoms with E-state index in [0.717, 1.165) is 6.08 Å². The smallest absolute Gasteiger partial charge is 0.504 e. The molecule has 0 unspecified atom stereocenters. The van der Waals surface area contributed by atoms with E-state index in [2.05, 4.69) is 12.3 Å². The molecule has 0 aliphatic carbocycles. The van der Waals surface area contributed by atoms with E-state index in [1.807, 2.05) is 18.2 Å². The second-order valence-corrected chi connectivity index (χ2v) is 2.19. The Morgan fingerprint density at radius 1 is 1.50 bits per heavy atom. The molecule has 74 valence electrons. The summed E-state index contributed by atoms with van der Waals surface area (Å²) in [5.41, 5.74) is 4.53. The van der Waals surface area contributed by atoms with Crippen LogP contribution in [0.1, 0.15) is 0 Å². The van der Waals surface area contributed by atoms with Gasteiger partial charge in [0.15, 0.2) is 0 Å². The normalized spacial score (nSPS) is 7.79. The van der Waals surface area contributed by atoms with Crippen molar-refractivity contribution in [2.75, 3.05) is 0 Å². The number of primary amides is 1. The number of rotatable bonds is 3. The van der Waals surface area contributed by atoms with E-state index in [1.165, 1.54) is 0 Å². The predicted molar refractivity (Wildman–Crippen MR) is 55.8 cm³/mol. The Kier molecular flexibility index (Phi) is 6.90. The molecular formula is C9H12BNO3. The molecule has 0 aliphatic heterocycles. The zero-order valence-corrected chi connectivity index (χ0v) is 7.72. The molecule has 0 bridgehead atoms. The molecular weight excluding hydrogens is 181 g/mol. The van der Waals surface area contributed by atoms with Crippen molar-refractivity contribution in [2.24, 2.45) is 5.73 Å². The lowest BCUT2D eigenvalue weighted by molar-refractivity contribution is -0.113. The van der Waals surface area contributed by atoms with Crippen molar-refractivity contribution in [2.45, 2.75) is 0 Å². The van der Waals surface area contributed by atoms with Crippen molar-refractivity contribution < 1.29 is 14.5 Å². The first-order valence-corrected chi connectivity index (χ1v) is 3.91. The minimum Gasteiger partial charge on any atom is -0.539 e. The van der Waals surface area contributed by atoms with Crippen LogP contribution in [0.25, 0.3) is 0 Å². The van der Waals surface area contributed by atoms with E-state index in [9.17, 15) is 4.79 Å². The molecule has 1 amide bonds. The number of carbonyl (C=O) groups is 1. The van der Waals surface area contributed by atoms with Gasteiger partial charge in [-0.3, -0.25) is 4.79 Å². The lowest BCUT2D eigenvalue weighted by atomic mass is 10.3. The van der Waals surface area contributed by atoms with Crippen LogP contribution < -0.4 is 10.4 Å². The van der Waals surface area contributed by atoms with Gasteiger partial charge in [0.05, 0.1) is 0 Å². The summed E-state index contributed by atoms with van der Waals surface area (Å²) in [6, 6.07) is 9.17. The molecule has 0 saturated heterocycles. The number of para-hydroxylation sites is 1. The lowest BCUT2D eigenvalue weighted by Gasteiger charge is -1.97. The Morgan fingerprint density at radius 3 is 2.36 bits per heavy atom. The maximum absolute atomic E-state index is 9.47. The summed E-state index contributed by atoms with van der Waals surface area (Å²) < 4.78 is 4.76. The first-order valence-electron chi connectivity index (χ1n) is 3.91. The number of hydrogen-bond donors (Lipinski definition) is 2. The van der Waals surface area contributed by atoms with Crippen molar-refractivity contribution in [3.63, 3.8) is 0 Å². The molecule has 14 heavy (non-hydrogen) atoms. The van der Waals surface area contributed by atoms with E-state index in [1.54, 1.807) is 12.1 Å². The summed E-state index contributed by atoms with van der Waals surface area (Å²) in [6.45, 7) is 3.09. The number of nitrogens with two attached hydrogens (primary N) is 1. The predicted octanol–water partition coefficient (Wildman–Crippen LogP) is -0.0181. The number of amides is 1. The molecule has 3 N–H and O–H groups in total. The zero-order chi connectivity index (χ0) is 10.8. The van der Waals surface area contributed by atoms with Crippen molar-refractivity contribution in [3.05, 3.63) is 43.0 Å². The average molecular weight is 193 g/mol. The fourth-order valence-electron chi connectivity index (χ4n) is 0.591. The van der Waals surface area contributed by atoms with E-state index >= 15 is 0 Å². The second kappa shape index (κ2) is 7.88. The monoisotopic (exact) mass is 193 g/mol. The Balaban J connectivity index is 0.000000292. The summed E-state index contributed by atoms with van der Waals surface area (Å²) in [5, 5.41) is 8.30. The largest absolute Gasteiger partial charge is 0.539 e. The number of hydrogen-bond acceptors (Lipinski definition) is 3. The summed E-state index contributed by atoms with van der Waals surface area (Å²) >= 11 is 0. The second-order valence-electron chi connectivity index (χ2n) is 2.19. The molecule has 0 aliphatic rings. The SMILES string of the molecule is C=CC(N)=O.OBOc1ccccc1. The zero-order valence-electron chi connectivity index (χ0n) is 7.72. The van der Waals surface area contributed by atoms with Crippen LogP contribution in [-0.2, 0) is 4.79 Å².